The van der Waals surface area contributed by atoms with Crippen LogP contribution in [0.15, 0.2) is 0 Å². The summed E-state index contributed by atoms with van der Waals surface area (Å²) in [4.78, 5) is 16.7. The van der Waals surface area contributed by atoms with Crippen LogP contribution in [0.5, 0.6) is 0 Å². The van der Waals surface area contributed by atoms with Crippen LogP contribution in [0.4, 0.5) is 0 Å². The van der Waals surface area contributed by atoms with Gasteiger partial charge in [0.25, 0.3) is 0 Å². The molecular formula is C15H31N3O2. The quantitative estimate of drug-likeness (QED) is 0.668. The van der Waals surface area contributed by atoms with Crippen LogP contribution in [0.2, 0.25) is 0 Å². The molecule has 118 valence electrons. The number of hydrogen-bond acceptors (Lipinski definition) is 5. The van der Waals surface area contributed by atoms with Crippen molar-refractivity contribution in [3.63, 3.8) is 0 Å². The van der Waals surface area contributed by atoms with E-state index in [1.54, 1.807) is 0 Å². The van der Waals surface area contributed by atoms with Gasteiger partial charge in [-0.1, -0.05) is 13.8 Å². The first kappa shape index (κ1) is 17.4. The fourth-order valence-corrected chi connectivity index (χ4v) is 2.65. The minimum atomic E-state index is -0.177. The first-order valence-electron chi connectivity index (χ1n) is 7.85. The van der Waals surface area contributed by atoms with Crippen molar-refractivity contribution < 1.29 is 9.53 Å². The van der Waals surface area contributed by atoms with Gasteiger partial charge in [0, 0.05) is 39.3 Å². The van der Waals surface area contributed by atoms with E-state index in [-0.39, 0.29) is 12.0 Å². The predicted molar refractivity (Wildman–Crippen MR) is 81.8 cm³/mol. The number of hydrogen-bond donors (Lipinski definition) is 1. The number of carbonyl (C=O) groups excluding carboxylic acids is 1. The van der Waals surface area contributed by atoms with Gasteiger partial charge in [-0.3, -0.25) is 4.79 Å². The Hall–Kier alpha value is -0.650. The molecule has 1 aliphatic heterocycles. The minimum Gasteiger partial charge on any atom is -0.465 e. The number of nitrogens with one attached hydrogen (secondary N) is 1. The summed E-state index contributed by atoms with van der Waals surface area (Å²) >= 11 is 0. The third-order valence-electron chi connectivity index (χ3n) is 3.74. The zero-order valence-corrected chi connectivity index (χ0v) is 13.5. The Bertz CT molecular complexity index is 276. The summed E-state index contributed by atoms with van der Waals surface area (Å²) in [6, 6.07) is -0.177. The van der Waals surface area contributed by atoms with Crippen LogP contribution in [-0.4, -0.2) is 74.7 Å². The van der Waals surface area contributed by atoms with E-state index < -0.39 is 0 Å². The second-order valence-corrected chi connectivity index (χ2v) is 5.92. The Balaban J connectivity index is 2.24. The van der Waals surface area contributed by atoms with Crippen LogP contribution in [0.1, 0.15) is 27.2 Å². The van der Waals surface area contributed by atoms with Crippen molar-refractivity contribution in [3.8, 4) is 0 Å². The van der Waals surface area contributed by atoms with Gasteiger partial charge < -0.3 is 19.9 Å². The van der Waals surface area contributed by atoms with Gasteiger partial charge in [0.2, 0.25) is 0 Å². The highest BCUT2D eigenvalue weighted by molar-refractivity contribution is 5.75. The van der Waals surface area contributed by atoms with Gasteiger partial charge in [-0.05, 0) is 26.3 Å². The lowest BCUT2D eigenvalue weighted by Crippen LogP contribution is -2.48. The first-order chi connectivity index (χ1) is 9.56. The van der Waals surface area contributed by atoms with E-state index in [9.17, 15) is 4.79 Å². The molecule has 0 spiro atoms. The molecule has 1 unspecified atom stereocenters. The van der Waals surface area contributed by atoms with E-state index in [2.05, 4.69) is 29.0 Å². The summed E-state index contributed by atoms with van der Waals surface area (Å²) in [6.45, 7) is 13.5. The zero-order chi connectivity index (χ0) is 15.0. The van der Waals surface area contributed by atoms with Crippen LogP contribution in [-0.2, 0) is 9.53 Å². The highest BCUT2D eigenvalue weighted by Crippen LogP contribution is 2.07. The standard InChI is InChI=1S/C15H31N3O2/c1-5-20-15(19)14(16-4)6-7-17-8-10-18(11-9-17)12-13(2)3/h13-14,16H,5-12H2,1-4H3. The summed E-state index contributed by atoms with van der Waals surface area (Å²) in [7, 11) is 1.82. The lowest BCUT2D eigenvalue weighted by atomic mass is 10.1. The maximum Gasteiger partial charge on any atom is 0.323 e. The number of carbonyl (C=O) groups is 1. The van der Waals surface area contributed by atoms with Crippen molar-refractivity contribution in [1.29, 1.82) is 0 Å². The second-order valence-electron chi connectivity index (χ2n) is 5.92. The van der Waals surface area contributed by atoms with E-state index >= 15 is 0 Å². The van der Waals surface area contributed by atoms with E-state index in [1.807, 2.05) is 14.0 Å². The van der Waals surface area contributed by atoms with Crippen molar-refractivity contribution in [2.24, 2.45) is 5.92 Å². The summed E-state index contributed by atoms with van der Waals surface area (Å²) in [5.41, 5.74) is 0. The molecular weight excluding hydrogens is 254 g/mol. The largest absolute Gasteiger partial charge is 0.465 e. The minimum absolute atomic E-state index is 0.131. The molecule has 0 aromatic rings. The number of ether oxygens (including phenoxy) is 1. The van der Waals surface area contributed by atoms with Gasteiger partial charge in [-0.2, -0.15) is 0 Å². The van der Waals surface area contributed by atoms with Gasteiger partial charge in [-0.25, -0.2) is 0 Å². The van der Waals surface area contributed by atoms with Crippen LogP contribution in [0.25, 0.3) is 0 Å². The molecule has 0 bridgehead atoms. The predicted octanol–water partition coefficient (Wildman–Crippen LogP) is 0.801. The molecule has 20 heavy (non-hydrogen) atoms. The second kappa shape index (κ2) is 9.32. The topological polar surface area (TPSA) is 44.8 Å². The normalized spacial score (nSPS) is 19.2. The molecule has 5 nitrogen and oxygen atoms in total. The number of esters is 1. The summed E-state index contributed by atoms with van der Waals surface area (Å²) in [6.07, 6.45) is 0.819. The van der Waals surface area contributed by atoms with Gasteiger partial charge in [0.15, 0.2) is 0 Å². The molecule has 0 amide bonds. The van der Waals surface area contributed by atoms with Crippen LogP contribution < -0.4 is 5.32 Å². The molecule has 0 radical (unpaired) electrons. The van der Waals surface area contributed by atoms with Crippen molar-refractivity contribution in [2.45, 2.75) is 33.2 Å². The Morgan fingerprint density at radius 1 is 1.20 bits per heavy atom. The van der Waals surface area contributed by atoms with Gasteiger partial charge in [0.1, 0.15) is 6.04 Å². The Morgan fingerprint density at radius 3 is 2.30 bits per heavy atom. The van der Waals surface area contributed by atoms with E-state index in [0.717, 1.165) is 45.1 Å². The molecule has 1 fully saturated rings. The number of rotatable bonds is 8. The van der Waals surface area contributed by atoms with Crippen molar-refractivity contribution in [1.82, 2.24) is 15.1 Å². The van der Waals surface area contributed by atoms with Crippen molar-refractivity contribution in [3.05, 3.63) is 0 Å². The highest BCUT2D eigenvalue weighted by atomic mass is 16.5. The average molecular weight is 285 g/mol. The third kappa shape index (κ3) is 6.20. The first-order valence-corrected chi connectivity index (χ1v) is 7.85. The van der Waals surface area contributed by atoms with Crippen molar-refractivity contribution >= 4 is 5.97 Å². The van der Waals surface area contributed by atoms with E-state index in [4.69, 9.17) is 4.74 Å². The van der Waals surface area contributed by atoms with Crippen LogP contribution in [0.3, 0.4) is 0 Å². The highest BCUT2D eigenvalue weighted by Gasteiger charge is 2.21. The summed E-state index contributed by atoms with van der Waals surface area (Å²) < 4.78 is 5.07. The van der Waals surface area contributed by atoms with Gasteiger partial charge in [-0.15, -0.1) is 0 Å². The van der Waals surface area contributed by atoms with Crippen molar-refractivity contribution in [2.75, 3.05) is 52.9 Å². The molecule has 1 heterocycles. The van der Waals surface area contributed by atoms with Gasteiger partial charge >= 0.3 is 5.97 Å². The molecule has 5 heteroatoms. The molecule has 0 aromatic heterocycles. The molecule has 1 rings (SSSR count). The van der Waals surface area contributed by atoms with E-state index in [1.165, 1.54) is 6.54 Å². The average Bonchev–Trinajstić information content (AvgIpc) is 2.41. The third-order valence-corrected chi connectivity index (χ3v) is 3.74. The molecule has 0 aliphatic carbocycles. The Kier molecular flexibility index (Phi) is 8.11. The lowest BCUT2D eigenvalue weighted by Gasteiger charge is -2.35. The van der Waals surface area contributed by atoms with Crippen LogP contribution >= 0.6 is 0 Å². The Labute approximate surface area is 123 Å². The fraction of sp³-hybridized carbons (Fsp3) is 0.933. The zero-order valence-electron chi connectivity index (χ0n) is 13.5. The number of likely N-dealkylation sites (N-methyl/N-ethyl adjacent to an activating group) is 1. The number of nitrogens with zero attached hydrogens (tertiary/aromatic N) is 2. The number of piperazine rings is 1. The molecule has 1 N–H and O–H groups in total. The van der Waals surface area contributed by atoms with Gasteiger partial charge in [0.05, 0.1) is 6.61 Å². The maximum atomic E-state index is 11.7. The maximum absolute atomic E-state index is 11.7. The lowest BCUT2D eigenvalue weighted by molar-refractivity contribution is -0.145. The van der Waals surface area contributed by atoms with E-state index in [0.29, 0.717) is 6.61 Å². The molecule has 1 atom stereocenters. The summed E-state index contributed by atoms with van der Waals surface area (Å²) in [5.74, 6) is 0.604. The Morgan fingerprint density at radius 2 is 1.80 bits per heavy atom. The molecule has 1 saturated heterocycles. The molecule has 1 aliphatic rings. The monoisotopic (exact) mass is 285 g/mol. The SMILES string of the molecule is CCOC(=O)C(CCN1CCN(CC(C)C)CC1)NC. The fourth-order valence-electron chi connectivity index (χ4n) is 2.65. The molecule has 0 aromatic carbocycles. The smallest absolute Gasteiger partial charge is 0.323 e. The summed E-state index contributed by atoms with van der Waals surface area (Å²) in [5, 5.41) is 3.05. The molecule has 0 saturated carbocycles. The van der Waals surface area contributed by atoms with Crippen LogP contribution in [0, 0.1) is 5.92 Å².